The highest BCUT2D eigenvalue weighted by Gasteiger charge is 2.50. The van der Waals surface area contributed by atoms with Crippen LogP contribution in [-0.4, -0.2) is 16.6 Å². The van der Waals surface area contributed by atoms with Gasteiger partial charge in [-0.1, -0.05) is 206 Å². The van der Waals surface area contributed by atoms with Crippen LogP contribution in [0.5, 0.6) is 0 Å². The Bertz CT molecular complexity index is 4970. The molecule has 0 aliphatic carbocycles. The van der Waals surface area contributed by atoms with Crippen molar-refractivity contribution in [1.82, 2.24) is 0 Å². The minimum atomic E-state index is 0.0865. The lowest BCUT2D eigenvalue weighted by atomic mass is 9.33. The zero-order chi connectivity index (χ0) is 64.7. The molecule has 7 nitrogen and oxygen atoms in total. The summed E-state index contributed by atoms with van der Waals surface area (Å²) in [4.78, 5) is 17.3. The summed E-state index contributed by atoms with van der Waals surface area (Å²) in [7, 11) is 0. The number of hydrogen-bond donors (Lipinski definition) is 0. The van der Waals surface area contributed by atoms with Gasteiger partial charge in [-0.3, -0.25) is 0 Å². The molecule has 0 fully saturated rings. The van der Waals surface area contributed by atoms with Gasteiger partial charge in [0.2, 0.25) is 0 Å². The highest BCUT2D eigenvalue weighted by Crippen LogP contribution is 2.65. The number of rotatable bonds is 7. The number of anilines is 21. The quantitative estimate of drug-likeness (QED) is 0.147. The van der Waals surface area contributed by atoms with Gasteiger partial charge in [0.1, 0.15) is 0 Å². The van der Waals surface area contributed by atoms with Crippen molar-refractivity contribution in [3.8, 4) is 0 Å². The molecule has 14 aromatic carbocycles. The fourth-order valence-corrected chi connectivity index (χ4v) is 15.8. The Kier molecular flexibility index (Phi) is 14.9. The predicted octanol–water partition coefficient (Wildman–Crippen LogP) is 20.7. The van der Waals surface area contributed by atoms with E-state index < -0.39 is 0 Å². The number of hydrogen-bond acceptors (Lipinski definition) is 7. The van der Waals surface area contributed by atoms with Crippen LogP contribution in [0.4, 0.5) is 119 Å². The van der Waals surface area contributed by atoms with E-state index in [1.54, 1.807) is 0 Å². The third-order valence-corrected chi connectivity index (χ3v) is 19.4. The summed E-state index contributed by atoms with van der Waals surface area (Å²) in [5.74, 6) is 0. The minimum Gasteiger partial charge on any atom is -0.311 e. The smallest absolute Gasteiger partial charge is 0.311 e. The number of para-hydroxylation sites is 14. The second-order valence-electron chi connectivity index (χ2n) is 24.6. The first-order valence-corrected chi connectivity index (χ1v) is 35.5. The van der Waals surface area contributed by atoms with Gasteiger partial charge in [0, 0.05) is 73.9 Å². The van der Waals surface area contributed by atoms with Gasteiger partial charge in [-0.05, 0) is 172 Å². The van der Waals surface area contributed by atoms with Gasteiger partial charge < -0.3 is 34.3 Å². The maximum Gasteiger partial charge on any atom is 0.369 e. The molecule has 0 amide bonds. The van der Waals surface area contributed by atoms with Crippen molar-refractivity contribution in [2.45, 2.75) is 0 Å². The van der Waals surface area contributed by atoms with Crippen molar-refractivity contribution >= 4 is 216 Å². The molecule has 0 saturated carbocycles. The summed E-state index contributed by atoms with van der Waals surface area (Å²) in [6.07, 6.45) is 0. The summed E-state index contributed by atoms with van der Waals surface area (Å²) in [6, 6.07) is 125. The number of fused-ring (bicyclic) bond motifs is 14. The molecule has 14 aromatic rings. The maximum atomic E-state index is 3.10. The van der Waals surface area contributed by atoms with Crippen LogP contribution in [0.3, 0.4) is 0 Å². The van der Waals surface area contributed by atoms with Crippen LogP contribution in [-0.2, 0) is 0 Å². The molecule has 0 unspecified atom stereocenters. The lowest BCUT2D eigenvalue weighted by Gasteiger charge is -2.52. The summed E-state index contributed by atoms with van der Waals surface area (Å²) in [5.41, 5.74) is 32.7. The predicted molar refractivity (Wildman–Crippen MR) is 425 cm³/mol. The van der Waals surface area contributed by atoms with E-state index in [-0.39, 0.29) is 16.6 Å². The summed E-state index contributed by atoms with van der Waals surface area (Å²) < 4.78 is 0.271. The Morgan fingerprint density at radius 3 is 0.814 bits per heavy atom. The normalized spacial score (nSPS) is 13.1. The Labute approximate surface area is 591 Å². The van der Waals surface area contributed by atoms with Crippen molar-refractivity contribution in [3.63, 3.8) is 0 Å². The zero-order valence-corrected chi connectivity index (χ0v) is 57.2. The first-order chi connectivity index (χ1) is 48.0. The maximum absolute atomic E-state index is 3.10. The van der Waals surface area contributed by atoms with E-state index in [0.29, 0.717) is 0 Å². The molecule has 20 rings (SSSR count). The average molecular weight is 1440 g/mol. The molecule has 13 heteroatoms. The van der Waals surface area contributed by atoms with Crippen LogP contribution in [0, 0.1) is 0 Å². The zero-order valence-electron chi connectivity index (χ0n) is 52.4. The van der Waals surface area contributed by atoms with Gasteiger partial charge in [-0.2, -0.15) is 0 Å². The fourth-order valence-electron chi connectivity index (χ4n) is 15.8. The summed E-state index contributed by atoms with van der Waals surface area (Å²) in [5, 5.41) is 0. The van der Waals surface area contributed by atoms with Gasteiger partial charge >= 0.3 is 3.18 Å². The van der Waals surface area contributed by atoms with Crippen molar-refractivity contribution in [1.29, 1.82) is 0 Å². The molecular weight excluding hydrogens is 1380 g/mol. The largest absolute Gasteiger partial charge is 0.369 e. The SMILES string of the molecule is BrB(Br)Br.c1ccc(N(c2ccccc2)c2cc3c4c(c2)N(c2ccccc2)c2ccccc2B4c2ccccc2N3c2ccccc2)cc1.c1ccc(N2c3ccccc3B3c4ccccc4N4c5ccccc5N5c6ccccc6N(c6ccccc6)c6cc2c3c4c65)cc1. The van der Waals surface area contributed by atoms with Gasteiger partial charge in [0.15, 0.2) is 0 Å². The van der Waals surface area contributed by atoms with Crippen LogP contribution in [0.15, 0.2) is 346 Å². The van der Waals surface area contributed by atoms with Crippen LogP contribution >= 0.6 is 47.3 Å². The molecule has 6 aliphatic heterocycles. The molecular formula is C84H57B3Br3N7. The number of halogens is 3. The Morgan fingerprint density at radius 2 is 0.464 bits per heavy atom. The number of benzene rings is 14. The first-order valence-electron chi connectivity index (χ1n) is 32.7. The average Bonchev–Trinajstić information content (AvgIpc) is 0.675. The molecule has 0 atom stereocenters. The minimum absolute atomic E-state index is 0.0865. The third-order valence-electron chi connectivity index (χ3n) is 19.4. The molecule has 0 radical (unpaired) electrons. The molecule has 0 N–H and O–H groups in total. The van der Waals surface area contributed by atoms with E-state index >= 15 is 0 Å². The summed E-state index contributed by atoms with van der Waals surface area (Å²) in [6.45, 7) is 0.177. The van der Waals surface area contributed by atoms with E-state index in [1.165, 1.54) is 107 Å². The van der Waals surface area contributed by atoms with Gasteiger partial charge in [-0.25, -0.2) is 0 Å². The molecule has 0 aromatic heterocycles. The second kappa shape index (κ2) is 24.5. The Hall–Kier alpha value is -10.7. The van der Waals surface area contributed by atoms with E-state index in [2.05, 4.69) is 427 Å². The third kappa shape index (κ3) is 9.68. The van der Waals surface area contributed by atoms with Crippen LogP contribution in [0.25, 0.3) is 0 Å². The van der Waals surface area contributed by atoms with E-state index in [9.17, 15) is 0 Å². The van der Waals surface area contributed by atoms with Gasteiger partial charge in [0.05, 0.1) is 45.5 Å². The topological polar surface area (TPSA) is 22.7 Å². The van der Waals surface area contributed by atoms with Crippen LogP contribution in [0.2, 0.25) is 0 Å². The Balaban J connectivity index is 0.000000134. The van der Waals surface area contributed by atoms with Gasteiger partial charge in [-0.15, -0.1) is 47.3 Å². The first kappa shape index (κ1) is 58.9. The molecule has 0 bridgehead atoms. The summed E-state index contributed by atoms with van der Waals surface area (Å²) >= 11 is 9.31. The standard InChI is InChI=1S/C42H27BN4.C42H30BN3.BBr3/c1-3-15-28(16-4-1)44-32-21-9-7-19-30(32)43-31-20-8-10-22-33(31)46-36-25-13-14-26-37(36)47-35-24-12-11-23-34(35)45(29-17-5-2-6-18-29)39-27-38(44)40(43)42(46)41(39)47;1-5-17-31(18-6-1)44(32-19-7-2-8-20-32)35-29-40-42-41(30-35)46(34-23-11-4-12-24-34)39-28-16-14-26-37(39)43(42)36-25-13-15-27-38(36)45(40)33-21-9-3-10-22-33;2-1(3)4/h1-27H;1-30H;. The fraction of sp³-hybridized carbons (Fsp3) is 0. The van der Waals surface area contributed by atoms with Crippen LogP contribution in [0.1, 0.15) is 0 Å². The Morgan fingerprint density at radius 1 is 0.216 bits per heavy atom. The lowest BCUT2D eigenvalue weighted by Crippen LogP contribution is -2.62. The monoisotopic (exact) mass is 1430 g/mol. The highest BCUT2D eigenvalue weighted by molar-refractivity contribution is 9.69. The van der Waals surface area contributed by atoms with Crippen LogP contribution < -0.4 is 67.1 Å². The molecule has 0 spiro atoms. The van der Waals surface area contributed by atoms with Crippen molar-refractivity contribution in [2.24, 2.45) is 0 Å². The van der Waals surface area contributed by atoms with E-state index in [0.717, 1.165) is 45.5 Å². The molecule has 6 heterocycles. The highest BCUT2D eigenvalue weighted by atomic mass is 79.9. The van der Waals surface area contributed by atoms with E-state index in [4.69, 9.17) is 0 Å². The molecule has 6 aliphatic rings. The van der Waals surface area contributed by atoms with Crippen molar-refractivity contribution < 1.29 is 0 Å². The van der Waals surface area contributed by atoms with E-state index in [1.807, 2.05) is 0 Å². The lowest BCUT2D eigenvalue weighted by molar-refractivity contribution is 1.12. The molecule has 0 saturated heterocycles. The number of nitrogens with zero attached hydrogens (tertiary/aromatic N) is 7. The molecule has 458 valence electrons. The second-order valence-corrected chi connectivity index (χ2v) is 31.0. The molecule has 97 heavy (non-hydrogen) atoms. The van der Waals surface area contributed by atoms with Gasteiger partial charge in [0.25, 0.3) is 13.4 Å². The van der Waals surface area contributed by atoms with Crippen molar-refractivity contribution in [2.75, 3.05) is 34.3 Å². The van der Waals surface area contributed by atoms with Crippen molar-refractivity contribution in [3.05, 3.63) is 346 Å².